The number of hydrogen-bond acceptors (Lipinski definition) is 2. The predicted molar refractivity (Wildman–Crippen MR) is 88.9 cm³/mol. The number of carbonyl (C=O) groups is 2. The molecule has 4 nitrogen and oxygen atoms in total. The van der Waals surface area contributed by atoms with Crippen LogP contribution in [0.3, 0.4) is 0 Å². The van der Waals surface area contributed by atoms with Gasteiger partial charge in [-0.3, -0.25) is 9.59 Å². The number of halogens is 2. The maximum atomic E-state index is 13.6. The van der Waals surface area contributed by atoms with Gasteiger partial charge in [0.2, 0.25) is 5.91 Å². The van der Waals surface area contributed by atoms with E-state index < -0.39 is 11.7 Å². The minimum atomic E-state index is -0.503. The molecule has 0 aliphatic rings. The second kappa shape index (κ2) is 7.56. The first-order valence-corrected chi connectivity index (χ1v) is 7.14. The lowest BCUT2D eigenvalue weighted by Crippen LogP contribution is -2.17. The minimum absolute atomic E-state index is 0.152. The van der Waals surface area contributed by atoms with Gasteiger partial charge in [-0.15, -0.1) is 0 Å². The average molecular weight is 333 g/mol. The van der Waals surface area contributed by atoms with E-state index in [1.807, 2.05) is 0 Å². The van der Waals surface area contributed by atoms with Crippen LogP contribution in [0.25, 0.3) is 6.08 Å². The van der Waals surface area contributed by atoms with Crippen molar-refractivity contribution >= 4 is 35.2 Å². The number of rotatable bonds is 4. The number of anilines is 1. The molecule has 6 heteroatoms. The predicted octanol–water partition coefficient (Wildman–Crippen LogP) is 3.49. The normalized spacial score (nSPS) is 10.6. The SMILES string of the molecule is CNC(=O)c1ccc(NC(=O)C=Cc2c(F)cccc2Cl)cc1. The maximum absolute atomic E-state index is 13.6. The molecule has 2 amide bonds. The van der Waals surface area contributed by atoms with Crippen LogP contribution in [0.2, 0.25) is 5.02 Å². The molecule has 2 N–H and O–H groups in total. The van der Waals surface area contributed by atoms with Crippen molar-refractivity contribution in [3.05, 3.63) is 70.5 Å². The van der Waals surface area contributed by atoms with Crippen molar-refractivity contribution in [2.45, 2.75) is 0 Å². The van der Waals surface area contributed by atoms with Crippen LogP contribution < -0.4 is 10.6 Å². The molecule has 0 atom stereocenters. The standard InChI is InChI=1S/C17H14ClFN2O2/c1-20-17(23)11-5-7-12(8-6-11)21-16(22)10-9-13-14(18)3-2-4-15(13)19/h2-10H,1H3,(H,20,23)(H,21,22). The van der Waals surface area contributed by atoms with Gasteiger partial charge < -0.3 is 10.6 Å². The highest BCUT2D eigenvalue weighted by Crippen LogP contribution is 2.20. The molecule has 0 fully saturated rings. The van der Waals surface area contributed by atoms with Crippen LogP contribution >= 0.6 is 11.6 Å². The smallest absolute Gasteiger partial charge is 0.251 e. The zero-order chi connectivity index (χ0) is 16.8. The Balaban J connectivity index is 2.05. The van der Waals surface area contributed by atoms with Crippen molar-refractivity contribution in [1.29, 1.82) is 0 Å². The first-order chi connectivity index (χ1) is 11.0. The molecule has 2 rings (SSSR count). The third-order valence-electron chi connectivity index (χ3n) is 3.04. The molecule has 0 unspecified atom stereocenters. The quantitative estimate of drug-likeness (QED) is 0.842. The van der Waals surface area contributed by atoms with E-state index in [0.717, 1.165) is 0 Å². The number of hydrogen-bond donors (Lipinski definition) is 2. The molecule has 0 aliphatic heterocycles. The van der Waals surface area contributed by atoms with Crippen molar-refractivity contribution < 1.29 is 14.0 Å². The molecule has 2 aromatic rings. The molecule has 0 saturated heterocycles. The van der Waals surface area contributed by atoms with E-state index in [1.165, 1.54) is 31.3 Å². The van der Waals surface area contributed by atoms with Gasteiger partial charge in [0.05, 0.1) is 5.02 Å². The summed E-state index contributed by atoms with van der Waals surface area (Å²) in [5.74, 6) is -1.15. The van der Waals surface area contributed by atoms with Crippen LogP contribution in [-0.2, 0) is 4.79 Å². The van der Waals surface area contributed by atoms with E-state index in [1.54, 1.807) is 30.3 Å². The summed E-state index contributed by atoms with van der Waals surface area (Å²) in [4.78, 5) is 23.3. The van der Waals surface area contributed by atoms with Gasteiger partial charge in [-0.25, -0.2) is 4.39 Å². The van der Waals surface area contributed by atoms with Crippen LogP contribution in [0.1, 0.15) is 15.9 Å². The summed E-state index contributed by atoms with van der Waals surface area (Å²) in [6, 6.07) is 10.7. The van der Waals surface area contributed by atoms with Gasteiger partial charge in [-0.2, -0.15) is 0 Å². The lowest BCUT2D eigenvalue weighted by atomic mass is 10.2. The molecule has 0 aliphatic carbocycles. The maximum Gasteiger partial charge on any atom is 0.251 e. The van der Waals surface area contributed by atoms with Crippen LogP contribution in [0.4, 0.5) is 10.1 Å². The summed E-state index contributed by atoms with van der Waals surface area (Å²) in [6.45, 7) is 0. The number of carbonyl (C=O) groups excluding carboxylic acids is 2. The van der Waals surface area contributed by atoms with Crippen molar-refractivity contribution in [3.63, 3.8) is 0 Å². The van der Waals surface area contributed by atoms with Crippen molar-refractivity contribution in [2.24, 2.45) is 0 Å². The largest absolute Gasteiger partial charge is 0.355 e. The number of nitrogens with one attached hydrogen (secondary N) is 2. The molecule has 0 heterocycles. The Bertz CT molecular complexity index is 737. The molecular formula is C17H14ClFN2O2. The Hall–Kier alpha value is -2.66. The van der Waals surface area contributed by atoms with Crippen molar-refractivity contribution in [2.75, 3.05) is 12.4 Å². The molecule has 2 aromatic carbocycles. The molecular weight excluding hydrogens is 319 g/mol. The zero-order valence-electron chi connectivity index (χ0n) is 12.3. The second-order valence-corrected chi connectivity index (χ2v) is 5.02. The first-order valence-electron chi connectivity index (χ1n) is 6.76. The van der Waals surface area contributed by atoms with Gasteiger partial charge in [-0.1, -0.05) is 17.7 Å². The number of benzene rings is 2. The Labute approximate surface area is 138 Å². The lowest BCUT2D eigenvalue weighted by molar-refractivity contribution is -0.111. The Kier molecular flexibility index (Phi) is 5.49. The summed E-state index contributed by atoms with van der Waals surface area (Å²) >= 11 is 5.87. The van der Waals surface area contributed by atoms with E-state index >= 15 is 0 Å². The fourth-order valence-electron chi connectivity index (χ4n) is 1.86. The summed E-state index contributed by atoms with van der Waals surface area (Å²) in [7, 11) is 1.54. The third-order valence-corrected chi connectivity index (χ3v) is 3.37. The summed E-state index contributed by atoms with van der Waals surface area (Å²) in [5.41, 5.74) is 1.16. The Morgan fingerprint density at radius 2 is 1.83 bits per heavy atom. The lowest BCUT2D eigenvalue weighted by Gasteiger charge is -2.04. The molecule has 0 bridgehead atoms. The Morgan fingerprint density at radius 1 is 1.13 bits per heavy atom. The summed E-state index contributed by atoms with van der Waals surface area (Å²) in [5, 5.41) is 5.34. The monoisotopic (exact) mass is 332 g/mol. The van der Waals surface area contributed by atoms with Gasteiger partial charge in [0, 0.05) is 29.9 Å². The minimum Gasteiger partial charge on any atom is -0.355 e. The topological polar surface area (TPSA) is 58.2 Å². The molecule has 0 spiro atoms. The highest BCUT2D eigenvalue weighted by molar-refractivity contribution is 6.32. The molecule has 0 aromatic heterocycles. The van der Waals surface area contributed by atoms with Gasteiger partial charge >= 0.3 is 0 Å². The van der Waals surface area contributed by atoms with Crippen LogP contribution in [-0.4, -0.2) is 18.9 Å². The van der Waals surface area contributed by atoms with Gasteiger partial charge in [0.25, 0.3) is 5.91 Å². The van der Waals surface area contributed by atoms with E-state index in [-0.39, 0.29) is 16.5 Å². The summed E-state index contributed by atoms with van der Waals surface area (Å²) < 4.78 is 13.6. The van der Waals surface area contributed by atoms with E-state index in [4.69, 9.17) is 11.6 Å². The first kappa shape index (κ1) is 16.7. The molecule has 23 heavy (non-hydrogen) atoms. The van der Waals surface area contributed by atoms with Crippen molar-refractivity contribution in [3.8, 4) is 0 Å². The van der Waals surface area contributed by atoms with Gasteiger partial charge in [0.15, 0.2) is 0 Å². The van der Waals surface area contributed by atoms with Crippen LogP contribution in [0.5, 0.6) is 0 Å². The number of amides is 2. The van der Waals surface area contributed by atoms with Crippen molar-refractivity contribution in [1.82, 2.24) is 5.32 Å². The van der Waals surface area contributed by atoms with Crippen LogP contribution in [0.15, 0.2) is 48.5 Å². The summed E-state index contributed by atoms with van der Waals surface area (Å²) in [6.07, 6.45) is 2.50. The molecule has 0 radical (unpaired) electrons. The molecule has 0 saturated carbocycles. The van der Waals surface area contributed by atoms with E-state index in [0.29, 0.717) is 11.3 Å². The van der Waals surface area contributed by atoms with Gasteiger partial charge in [-0.05, 0) is 42.5 Å². The zero-order valence-corrected chi connectivity index (χ0v) is 13.0. The fourth-order valence-corrected chi connectivity index (χ4v) is 2.09. The second-order valence-electron chi connectivity index (χ2n) is 4.61. The van der Waals surface area contributed by atoms with E-state index in [2.05, 4.69) is 10.6 Å². The fraction of sp³-hybridized carbons (Fsp3) is 0.0588. The third kappa shape index (κ3) is 4.40. The molecule has 118 valence electrons. The highest BCUT2D eigenvalue weighted by Gasteiger charge is 2.05. The van der Waals surface area contributed by atoms with Gasteiger partial charge in [0.1, 0.15) is 5.82 Å². The highest BCUT2D eigenvalue weighted by atomic mass is 35.5. The average Bonchev–Trinajstić information content (AvgIpc) is 2.54. The van der Waals surface area contributed by atoms with Crippen LogP contribution in [0, 0.1) is 5.82 Å². The van der Waals surface area contributed by atoms with E-state index in [9.17, 15) is 14.0 Å². The Morgan fingerprint density at radius 3 is 2.43 bits per heavy atom.